The predicted octanol–water partition coefficient (Wildman–Crippen LogP) is 1.52. The van der Waals surface area contributed by atoms with Crippen LogP contribution in [0.25, 0.3) is 0 Å². The Balaban J connectivity index is 2.03. The second-order valence-electron chi connectivity index (χ2n) is 3.70. The fourth-order valence-corrected chi connectivity index (χ4v) is 3.01. The van der Waals surface area contributed by atoms with Gasteiger partial charge in [-0.1, -0.05) is 11.6 Å². The lowest BCUT2D eigenvalue weighted by molar-refractivity contribution is 0.122. The average Bonchev–Trinajstić information content (AvgIpc) is 2.69. The van der Waals surface area contributed by atoms with Crippen LogP contribution in [-0.2, 0) is 11.2 Å². The van der Waals surface area contributed by atoms with Crippen LogP contribution in [0.4, 0.5) is 5.13 Å². The monoisotopic (exact) mass is 261 g/mol. The summed E-state index contributed by atoms with van der Waals surface area (Å²) in [5.41, 5.74) is 5.49. The number of rotatable bonds is 4. The third-order valence-corrected chi connectivity index (χ3v) is 4.13. The maximum absolute atomic E-state index is 6.10. The minimum atomic E-state index is 0.639. The first-order valence-electron chi connectivity index (χ1n) is 5.49. The fourth-order valence-electron chi connectivity index (χ4n) is 1.63. The molecule has 0 aromatic carbocycles. The van der Waals surface area contributed by atoms with Gasteiger partial charge in [-0.25, -0.2) is 4.98 Å². The first-order chi connectivity index (χ1) is 7.81. The molecule has 0 bridgehead atoms. The molecule has 4 nitrogen and oxygen atoms in total. The molecule has 1 aliphatic rings. The largest absolute Gasteiger partial charge is 0.378 e. The van der Waals surface area contributed by atoms with E-state index in [-0.39, 0.29) is 0 Å². The van der Waals surface area contributed by atoms with Crippen LogP contribution in [-0.4, -0.2) is 37.8 Å². The third kappa shape index (κ3) is 2.85. The van der Waals surface area contributed by atoms with Gasteiger partial charge in [-0.15, -0.1) is 11.3 Å². The van der Waals surface area contributed by atoms with E-state index in [0.29, 0.717) is 11.7 Å². The molecule has 2 N–H and O–H groups in total. The molecular weight excluding hydrogens is 246 g/mol. The average molecular weight is 262 g/mol. The van der Waals surface area contributed by atoms with E-state index in [0.717, 1.165) is 49.2 Å². The van der Waals surface area contributed by atoms with Gasteiger partial charge < -0.3 is 15.4 Å². The number of aryl methyl sites for hydroxylation is 1. The molecule has 0 spiro atoms. The topological polar surface area (TPSA) is 51.4 Å². The van der Waals surface area contributed by atoms with Gasteiger partial charge in [-0.3, -0.25) is 0 Å². The van der Waals surface area contributed by atoms with Crippen LogP contribution in [0.2, 0.25) is 5.15 Å². The Hall–Kier alpha value is -0.360. The molecule has 6 heteroatoms. The molecule has 1 fully saturated rings. The molecule has 1 saturated heterocycles. The van der Waals surface area contributed by atoms with E-state index in [2.05, 4.69) is 9.88 Å². The molecule has 90 valence electrons. The van der Waals surface area contributed by atoms with Crippen LogP contribution in [0.3, 0.4) is 0 Å². The van der Waals surface area contributed by atoms with Crippen molar-refractivity contribution < 1.29 is 4.74 Å². The van der Waals surface area contributed by atoms with E-state index < -0.39 is 0 Å². The van der Waals surface area contributed by atoms with Gasteiger partial charge in [-0.2, -0.15) is 0 Å². The number of morpholine rings is 1. The summed E-state index contributed by atoms with van der Waals surface area (Å²) in [7, 11) is 0. The lowest BCUT2D eigenvalue weighted by atomic mass is 10.3. The Morgan fingerprint density at radius 3 is 2.88 bits per heavy atom. The van der Waals surface area contributed by atoms with Crippen molar-refractivity contribution in [1.29, 1.82) is 0 Å². The number of thiazole rings is 1. The molecule has 1 aromatic heterocycles. The second-order valence-corrected chi connectivity index (χ2v) is 5.12. The van der Waals surface area contributed by atoms with Crippen molar-refractivity contribution in [2.75, 3.05) is 37.7 Å². The summed E-state index contributed by atoms with van der Waals surface area (Å²) < 4.78 is 5.31. The highest BCUT2D eigenvalue weighted by molar-refractivity contribution is 7.16. The number of ether oxygens (including phenoxy) is 1. The van der Waals surface area contributed by atoms with Crippen molar-refractivity contribution in [2.45, 2.75) is 12.8 Å². The molecule has 0 aliphatic carbocycles. The summed E-state index contributed by atoms with van der Waals surface area (Å²) in [5, 5.41) is 1.65. The van der Waals surface area contributed by atoms with Crippen LogP contribution in [0, 0.1) is 0 Å². The summed E-state index contributed by atoms with van der Waals surface area (Å²) in [6.07, 6.45) is 1.89. The Morgan fingerprint density at radius 1 is 1.44 bits per heavy atom. The smallest absolute Gasteiger partial charge is 0.187 e. The van der Waals surface area contributed by atoms with E-state index in [1.54, 1.807) is 11.3 Å². The zero-order valence-corrected chi connectivity index (χ0v) is 10.7. The summed E-state index contributed by atoms with van der Waals surface area (Å²) in [6.45, 7) is 4.05. The Labute approximate surface area is 104 Å². The highest BCUT2D eigenvalue weighted by atomic mass is 35.5. The normalized spacial score (nSPS) is 16.8. The number of halogens is 1. The molecule has 0 amide bonds. The zero-order chi connectivity index (χ0) is 11.4. The number of anilines is 1. The van der Waals surface area contributed by atoms with Gasteiger partial charge in [0.25, 0.3) is 0 Å². The maximum Gasteiger partial charge on any atom is 0.187 e. The molecule has 0 unspecified atom stereocenters. The standard InChI is InChI=1S/C10H16ClN3OS/c11-9-8(2-1-3-12)16-10(13-9)14-4-6-15-7-5-14/h1-7,12H2. The summed E-state index contributed by atoms with van der Waals surface area (Å²) in [5.74, 6) is 0. The predicted molar refractivity (Wildman–Crippen MR) is 67.5 cm³/mol. The minimum Gasteiger partial charge on any atom is -0.378 e. The maximum atomic E-state index is 6.10. The first kappa shape index (κ1) is 12.1. The summed E-state index contributed by atoms with van der Waals surface area (Å²) in [4.78, 5) is 7.78. The molecular formula is C10H16ClN3OS. The van der Waals surface area contributed by atoms with E-state index in [9.17, 15) is 0 Å². The number of nitrogens with zero attached hydrogens (tertiary/aromatic N) is 2. The summed E-state index contributed by atoms with van der Waals surface area (Å²) in [6, 6.07) is 0. The quantitative estimate of drug-likeness (QED) is 0.893. The number of aromatic nitrogens is 1. The molecule has 0 radical (unpaired) electrons. The van der Waals surface area contributed by atoms with E-state index in [4.69, 9.17) is 22.1 Å². The van der Waals surface area contributed by atoms with Gasteiger partial charge in [-0.05, 0) is 19.4 Å². The van der Waals surface area contributed by atoms with Crippen LogP contribution < -0.4 is 10.6 Å². The SMILES string of the molecule is NCCCc1sc(N2CCOCC2)nc1Cl. The van der Waals surface area contributed by atoms with Crippen molar-refractivity contribution in [2.24, 2.45) is 5.73 Å². The van der Waals surface area contributed by atoms with Crippen LogP contribution in [0.1, 0.15) is 11.3 Å². The van der Waals surface area contributed by atoms with Gasteiger partial charge in [0, 0.05) is 18.0 Å². The van der Waals surface area contributed by atoms with Crippen molar-refractivity contribution in [1.82, 2.24) is 4.98 Å². The molecule has 1 aliphatic heterocycles. The number of nitrogens with two attached hydrogens (primary N) is 1. The third-order valence-electron chi connectivity index (χ3n) is 2.53. The van der Waals surface area contributed by atoms with Gasteiger partial charge in [0.1, 0.15) is 5.15 Å². The Kier molecular flexibility index (Phi) is 4.40. The van der Waals surface area contributed by atoms with Gasteiger partial charge in [0.15, 0.2) is 5.13 Å². The van der Waals surface area contributed by atoms with Crippen LogP contribution in [0.5, 0.6) is 0 Å². The van der Waals surface area contributed by atoms with Crippen LogP contribution >= 0.6 is 22.9 Å². The number of hydrogen-bond acceptors (Lipinski definition) is 5. The molecule has 2 rings (SSSR count). The van der Waals surface area contributed by atoms with Crippen molar-refractivity contribution in [3.63, 3.8) is 0 Å². The Bertz CT molecular complexity index is 339. The van der Waals surface area contributed by atoms with Crippen LogP contribution in [0.15, 0.2) is 0 Å². The molecule has 0 atom stereocenters. The van der Waals surface area contributed by atoms with E-state index >= 15 is 0 Å². The first-order valence-corrected chi connectivity index (χ1v) is 6.68. The van der Waals surface area contributed by atoms with Gasteiger partial charge in [0.05, 0.1) is 13.2 Å². The number of hydrogen-bond donors (Lipinski definition) is 1. The summed E-state index contributed by atoms with van der Waals surface area (Å²) >= 11 is 7.78. The molecule has 0 saturated carbocycles. The lowest BCUT2D eigenvalue weighted by Gasteiger charge is -2.25. The molecule has 16 heavy (non-hydrogen) atoms. The molecule has 2 heterocycles. The molecule has 1 aromatic rings. The van der Waals surface area contributed by atoms with Gasteiger partial charge in [0.2, 0.25) is 0 Å². The fraction of sp³-hybridized carbons (Fsp3) is 0.700. The van der Waals surface area contributed by atoms with Crippen molar-refractivity contribution in [3.05, 3.63) is 10.0 Å². The Morgan fingerprint density at radius 2 is 2.19 bits per heavy atom. The second kappa shape index (κ2) is 5.82. The zero-order valence-electron chi connectivity index (χ0n) is 9.12. The van der Waals surface area contributed by atoms with E-state index in [1.165, 1.54) is 0 Å². The van der Waals surface area contributed by atoms with Crippen molar-refractivity contribution in [3.8, 4) is 0 Å². The van der Waals surface area contributed by atoms with E-state index in [1.807, 2.05) is 0 Å². The van der Waals surface area contributed by atoms with Gasteiger partial charge >= 0.3 is 0 Å². The highest BCUT2D eigenvalue weighted by Crippen LogP contribution is 2.30. The lowest BCUT2D eigenvalue weighted by Crippen LogP contribution is -2.36. The highest BCUT2D eigenvalue weighted by Gasteiger charge is 2.17. The minimum absolute atomic E-state index is 0.639. The van der Waals surface area contributed by atoms with Crippen molar-refractivity contribution >= 4 is 28.1 Å².